The molecule has 2 N–H and O–H groups in total. The fourth-order valence-corrected chi connectivity index (χ4v) is 3.17. The molecule has 0 spiro atoms. The van der Waals surface area contributed by atoms with Gasteiger partial charge in [0.1, 0.15) is 4.88 Å². The van der Waals surface area contributed by atoms with Gasteiger partial charge in [-0.15, -0.1) is 11.3 Å². The van der Waals surface area contributed by atoms with Gasteiger partial charge in [0.2, 0.25) is 5.91 Å². The Kier molecular flexibility index (Phi) is 6.75. The predicted molar refractivity (Wildman–Crippen MR) is 88.9 cm³/mol. The number of ether oxygens (including phenoxy) is 1. The minimum Gasteiger partial charge on any atom is -0.481 e. The van der Waals surface area contributed by atoms with Crippen LogP contribution in [0.15, 0.2) is 6.07 Å². The number of carbonyl (C=O) groups is 3. The summed E-state index contributed by atoms with van der Waals surface area (Å²) in [6, 6.07) is 1.72. The number of amides is 1. The number of carboxylic acids is 1. The monoisotopic (exact) mass is 341 g/mol. The van der Waals surface area contributed by atoms with Crippen LogP contribution < -0.4 is 5.32 Å². The molecule has 1 amide bonds. The second-order valence-electron chi connectivity index (χ2n) is 5.80. The number of thiophene rings is 1. The first-order valence-corrected chi connectivity index (χ1v) is 8.31. The Morgan fingerprint density at radius 2 is 1.96 bits per heavy atom. The van der Waals surface area contributed by atoms with Crippen LogP contribution in [0.3, 0.4) is 0 Å². The van der Waals surface area contributed by atoms with Gasteiger partial charge in [0.25, 0.3) is 0 Å². The zero-order valence-electron chi connectivity index (χ0n) is 13.9. The van der Waals surface area contributed by atoms with Crippen LogP contribution in [0.1, 0.15) is 55.3 Å². The summed E-state index contributed by atoms with van der Waals surface area (Å²) >= 11 is 1.16. The SMILES string of the molecule is CCOC(=O)c1sc(NC(=O)CC(C)(CC)CC(=O)O)cc1C. The number of hydrogen-bond donors (Lipinski definition) is 2. The molecule has 0 radical (unpaired) electrons. The second kappa shape index (κ2) is 8.10. The summed E-state index contributed by atoms with van der Waals surface area (Å²) in [6.07, 6.45) is 0.639. The molecular formula is C16H23NO5S. The third-order valence-corrected chi connectivity index (χ3v) is 4.79. The first kappa shape index (κ1) is 19.2. The minimum absolute atomic E-state index is 0.0610. The molecule has 7 heteroatoms. The first-order valence-electron chi connectivity index (χ1n) is 7.50. The number of carbonyl (C=O) groups excluding carboxylic acids is 2. The van der Waals surface area contributed by atoms with Gasteiger partial charge in [-0.2, -0.15) is 0 Å². The van der Waals surface area contributed by atoms with E-state index in [-0.39, 0.29) is 18.7 Å². The molecule has 1 rings (SSSR count). The molecule has 0 fully saturated rings. The van der Waals surface area contributed by atoms with Gasteiger partial charge in [0, 0.05) is 6.42 Å². The number of aryl methyl sites for hydroxylation is 1. The summed E-state index contributed by atoms with van der Waals surface area (Å²) in [5.41, 5.74) is 0.152. The van der Waals surface area contributed by atoms with Crippen molar-refractivity contribution in [2.45, 2.75) is 47.0 Å². The summed E-state index contributed by atoms with van der Waals surface area (Å²) in [4.78, 5) is 35.3. The normalized spacial score (nSPS) is 13.2. The van der Waals surface area contributed by atoms with Crippen molar-refractivity contribution in [2.75, 3.05) is 11.9 Å². The van der Waals surface area contributed by atoms with Gasteiger partial charge in [-0.3, -0.25) is 9.59 Å². The Bertz CT molecular complexity index is 595. The molecule has 0 saturated carbocycles. The van der Waals surface area contributed by atoms with Crippen LogP contribution in [0.25, 0.3) is 0 Å². The highest BCUT2D eigenvalue weighted by Gasteiger charge is 2.29. The van der Waals surface area contributed by atoms with Crippen LogP contribution in [0, 0.1) is 12.3 Å². The van der Waals surface area contributed by atoms with E-state index >= 15 is 0 Å². The van der Waals surface area contributed by atoms with Crippen LogP contribution in [0.4, 0.5) is 5.00 Å². The molecule has 0 bridgehead atoms. The van der Waals surface area contributed by atoms with Gasteiger partial charge < -0.3 is 15.2 Å². The maximum atomic E-state index is 12.2. The van der Waals surface area contributed by atoms with Gasteiger partial charge in [-0.05, 0) is 37.3 Å². The molecule has 0 aromatic carbocycles. The molecule has 0 saturated heterocycles. The van der Waals surface area contributed by atoms with Crippen LogP contribution in [-0.4, -0.2) is 29.6 Å². The molecular weight excluding hydrogens is 318 g/mol. The molecule has 0 aliphatic carbocycles. The molecule has 1 unspecified atom stereocenters. The molecule has 0 aliphatic rings. The van der Waals surface area contributed by atoms with Crippen LogP contribution in [0.2, 0.25) is 0 Å². The zero-order chi connectivity index (χ0) is 17.6. The molecule has 6 nitrogen and oxygen atoms in total. The van der Waals surface area contributed by atoms with Gasteiger partial charge >= 0.3 is 11.9 Å². The van der Waals surface area contributed by atoms with Gasteiger partial charge in [-0.25, -0.2) is 4.79 Å². The maximum Gasteiger partial charge on any atom is 0.348 e. The fraction of sp³-hybridized carbons (Fsp3) is 0.562. The Balaban J connectivity index is 2.76. The average Bonchev–Trinajstić information content (AvgIpc) is 2.78. The largest absolute Gasteiger partial charge is 0.481 e. The Labute approximate surface area is 139 Å². The van der Waals surface area contributed by atoms with E-state index in [2.05, 4.69) is 5.32 Å². The van der Waals surface area contributed by atoms with Crippen molar-refractivity contribution in [3.63, 3.8) is 0 Å². The van der Waals surface area contributed by atoms with Crippen molar-refractivity contribution < 1.29 is 24.2 Å². The highest BCUT2D eigenvalue weighted by Crippen LogP contribution is 2.32. The molecule has 1 aromatic rings. The van der Waals surface area contributed by atoms with Crippen molar-refractivity contribution in [3.8, 4) is 0 Å². The van der Waals surface area contributed by atoms with Crippen LogP contribution >= 0.6 is 11.3 Å². The van der Waals surface area contributed by atoms with E-state index in [1.807, 2.05) is 6.92 Å². The Hall–Kier alpha value is -1.89. The van der Waals surface area contributed by atoms with Gasteiger partial charge in [0.05, 0.1) is 18.0 Å². The number of nitrogens with one attached hydrogen (secondary N) is 1. The van der Waals surface area contributed by atoms with Crippen LogP contribution in [-0.2, 0) is 14.3 Å². The lowest BCUT2D eigenvalue weighted by atomic mass is 9.80. The predicted octanol–water partition coefficient (Wildman–Crippen LogP) is 3.45. The van der Waals surface area contributed by atoms with E-state index in [0.717, 1.165) is 16.9 Å². The fourth-order valence-electron chi connectivity index (χ4n) is 2.19. The van der Waals surface area contributed by atoms with E-state index in [1.165, 1.54) is 0 Å². The van der Waals surface area contributed by atoms with Crippen molar-refractivity contribution in [2.24, 2.45) is 5.41 Å². The number of esters is 1. The topological polar surface area (TPSA) is 92.7 Å². The Morgan fingerprint density at radius 1 is 1.30 bits per heavy atom. The first-order chi connectivity index (χ1) is 10.7. The lowest BCUT2D eigenvalue weighted by Crippen LogP contribution is -2.26. The van der Waals surface area contributed by atoms with E-state index in [0.29, 0.717) is 22.9 Å². The van der Waals surface area contributed by atoms with Gasteiger partial charge in [-0.1, -0.05) is 13.8 Å². The minimum atomic E-state index is -0.918. The average molecular weight is 341 g/mol. The van der Waals surface area contributed by atoms with Crippen molar-refractivity contribution >= 4 is 34.2 Å². The standard InChI is InChI=1S/C16H23NO5S/c1-5-16(4,9-13(19)20)8-11(18)17-12-7-10(3)14(23-12)15(21)22-6-2/h7H,5-6,8-9H2,1-4H3,(H,17,18)(H,19,20). The molecule has 23 heavy (non-hydrogen) atoms. The highest BCUT2D eigenvalue weighted by molar-refractivity contribution is 7.18. The van der Waals surface area contributed by atoms with Gasteiger partial charge in [0.15, 0.2) is 0 Å². The Morgan fingerprint density at radius 3 is 2.48 bits per heavy atom. The third-order valence-electron chi connectivity index (χ3n) is 3.66. The molecule has 1 atom stereocenters. The van der Waals surface area contributed by atoms with E-state index in [9.17, 15) is 14.4 Å². The highest BCUT2D eigenvalue weighted by atomic mass is 32.1. The lowest BCUT2D eigenvalue weighted by molar-refractivity contribution is -0.140. The summed E-state index contributed by atoms with van der Waals surface area (Å²) in [6.45, 7) is 7.45. The maximum absolute atomic E-state index is 12.2. The number of carboxylic acid groups (broad SMARTS) is 1. The van der Waals surface area contributed by atoms with Crippen molar-refractivity contribution in [3.05, 3.63) is 16.5 Å². The number of hydrogen-bond acceptors (Lipinski definition) is 5. The summed E-state index contributed by atoms with van der Waals surface area (Å²) < 4.78 is 4.96. The molecule has 1 heterocycles. The summed E-state index contributed by atoms with van der Waals surface area (Å²) in [5.74, 6) is -1.58. The third kappa shape index (κ3) is 5.67. The molecule has 128 valence electrons. The number of rotatable bonds is 8. The van der Waals surface area contributed by atoms with Crippen molar-refractivity contribution in [1.82, 2.24) is 0 Å². The zero-order valence-corrected chi connectivity index (χ0v) is 14.7. The quantitative estimate of drug-likeness (QED) is 0.706. The molecule has 1 aromatic heterocycles. The number of aliphatic carboxylic acids is 1. The lowest BCUT2D eigenvalue weighted by Gasteiger charge is -2.25. The second-order valence-corrected chi connectivity index (χ2v) is 6.86. The van der Waals surface area contributed by atoms with E-state index in [1.54, 1.807) is 26.8 Å². The number of anilines is 1. The molecule has 0 aliphatic heterocycles. The van der Waals surface area contributed by atoms with E-state index < -0.39 is 17.4 Å². The summed E-state index contributed by atoms with van der Waals surface area (Å²) in [7, 11) is 0. The smallest absolute Gasteiger partial charge is 0.348 e. The van der Waals surface area contributed by atoms with E-state index in [4.69, 9.17) is 9.84 Å². The summed E-state index contributed by atoms with van der Waals surface area (Å²) in [5, 5.41) is 12.3. The van der Waals surface area contributed by atoms with Crippen molar-refractivity contribution in [1.29, 1.82) is 0 Å². The van der Waals surface area contributed by atoms with Crippen LogP contribution in [0.5, 0.6) is 0 Å².